The van der Waals surface area contributed by atoms with Gasteiger partial charge in [-0.25, -0.2) is 4.68 Å². The number of hydrogen-bond donors (Lipinski definition) is 1. The molecule has 1 aromatic carbocycles. The number of carbonyl (C=O) groups is 1. The monoisotopic (exact) mass is 395 g/mol. The number of carbonyl (C=O) groups excluding carboxylic acids is 1. The van der Waals surface area contributed by atoms with Gasteiger partial charge in [0.25, 0.3) is 5.56 Å². The summed E-state index contributed by atoms with van der Waals surface area (Å²) in [4.78, 5) is 26.0. The van der Waals surface area contributed by atoms with Gasteiger partial charge >= 0.3 is 0 Å². The van der Waals surface area contributed by atoms with Crippen molar-refractivity contribution in [1.82, 2.24) is 15.1 Å². The second-order valence-electron chi connectivity index (χ2n) is 6.68. The fourth-order valence-corrected chi connectivity index (χ4v) is 4.58. The molecule has 1 amide bonds. The first-order chi connectivity index (χ1) is 13.6. The minimum Gasteiger partial charge on any atom is -0.469 e. The first kappa shape index (κ1) is 18.4. The lowest BCUT2D eigenvalue weighted by molar-refractivity contribution is -0.124. The van der Waals surface area contributed by atoms with Crippen LogP contribution in [-0.2, 0) is 11.2 Å². The Kier molecular flexibility index (Phi) is 5.00. The van der Waals surface area contributed by atoms with Crippen LogP contribution in [0.25, 0.3) is 20.2 Å². The van der Waals surface area contributed by atoms with Crippen molar-refractivity contribution in [3.05, 3.63) is 64.5 Å². The first-order valence-corrected chi connectivity index (χ1v) is 10.1. The highest BCUT2D eigenvalue weighted by molar-refractivity contribution is 7.26. The average molecular weight is 395 g/mol. The molecule has 0 radical (unpaired) electrons. The Hall–Kier alpha value is -2.93. The zero-order valence-corrected chi connectivity index (χ0v) is 16.6. The molecule has 144 valence electrons. The molecule has 0 aliphatic carbocycles. The van der Waals surface area contributed by atoms with Gasteiger partial charge in [0.15, 0.2) is 0 Å². The van der Waals surface area contributed by atoms with Crippen LogP contribution >= 0.6 is 11.3 Å². The lowest BCUT2D eigenvalue weighted by atomic mass is 10.1. The van der Waals surface area contributed by atoms with Gasteiger partial charge < -0.3 is 9.73 Å². The van der Waals surface area contributed by atoms with Crippen LogP contribution in [0.4, 0.5) is 0 Å². The number of nitrogens with zero attached hydrogens (tertiary/aromatic N) is 2. The van der Waals surface area contributed by atoms with Gasteiger partial charge in [0.2, 0.25) is 5.91 Å². The van der Waals surface area contributed by atoms with Gasteiger partial charge in [-0.05, 0) is 31.5 Å². The Morgan fingerprint density at radius 2 is 2.11 bits per heavy atom. The quantitative estimate of drug-likeness (QED) is 0.538. The molecule has 3 heterocycles. The van der Waals surface area contributed by atoms with Crippen molar-refractivity contribution in [2.24, 2.45) is 0 Å². The fraction of sp³-hybridized carbons (Fsp3) is 0.286. The molecule has 0 saturated heterocycles. The van der Waals surface area contributed by atoms with Gasteiger partial charge in [0.05, 0.1) is 22.0 Å². The molecule has 0 aliphatic heterocycles. The molecule has 0 bridgehead atoms. The molecule has 4 rings (SSSR count). The number of benzene rings is 1. The predicted molar refractivity (Wildman–Crippen MR) is 111 cm³/mol. The van der Waals surface area contributed by atoms with Crippen molar-refractivity contribution >= 4 is 37.4 Å². The van der Waals surface area contributed by atoms with Crippen LogP contribution in [0.5, 0.6) is 0 Å². The standard InChI is InChI=1S/C21H21N3O3S/c1-3-16(20(25)22-11-10-14-7-6-12-27-14)24-21(26)18-15-8-4-5-9-17(15)28-19(18)13(2)23-24/h4-9,12,16H,3,10-11H2,1-2H3,(H,22,25)/t16-/m1/s1. The van der Waals surface area contributed by atoms with Crippen LogP contribution in [0.2, 0.25) is 0 Å². The summed E-state index contributed by atoms with van der Waals surface area (Å²) in [5.74, 6) is 0.604. The van der Waals surface area contributed by atoms with E-state index in [9.17, 15) is 9.59 Å². The third-order valence-corrected chi connectivity index (χ3v) is 6.12. The molecule has 0 spiro atoms. The van der Waals surface area contributed by atoms with Crippen molar-refractivity contribution in [3.8, 4) is 0 Å². The number of nitrogens with one attached hydrogen (secondary N) is 1. The maximum Gasteiger partial charge on any atom is 0.276 e. The molecule has 7 heteroatoms. The number of rotatable bonds is 6. The summed E-state index contributed by atoms with van der Waals surface area (Å²) < 4.78 is 8.56. The molecule has 0 unspecified atom stereocenters. The normalized spacial score (nSPS) is 12.5. The Morgan fingerprint density at radius 1 is 1.29 bits per heavy atom. The Balaban J connectivity index is 1.67. The number of amides is 1. The summed E-state index contributed by atoms with van der Waals surface area (Å²) in [6, 6.07) is 10.9. The van der Waals surface area contributed by atoms with Crippen LogP contribution < -0.4 is 10.9 Å². The third-order valence-electron chi connectivity index (χ3n) is 4.84. The number of furan rings is 1. The summed E-state index contributed by atoms with van der Waals surface area (Å²) in [6.45, 7) is 4.21. The SMILES string of the molecule is CC[C@H](C(=O)NCCc1ccco1)n1nc(C)c2sc3ccccc3c2c1=O. The molecule has 0 saturated carbocycles. The number of fused-ring (bicyclic) bond motifs is 3. The predicted octanol–water partition coefficient (Wildman–Crippen LogP) is 3.82. The minimum absolute atomic E-state index is 0.207. The molecule has 6 nitrogen and oxygen atoms in total. The maximum absolute atomic E-state index is 13.2. The molecule has 1 atom stereocenters. The van der Waals surface area contributed by atoms with E-state index in [0.29, 0.717) is 24.8 Å². The van der Waals surface area contributed by atoms with Crippen LogP contribution in [0.3, 0.4) is 0 Å². The zero-order valence-electron chi connectivity index (χ0n) is 15.8. The van der Waals surface area contributed by atoms with E-state index in [1.165, 1.54) is 4.68 Å². The number of aryl methyl sites for hydroxylation is 1. The topological polar surface area (TPSA) is 77.1 Å². The second kappa shape index (κ2) is 7.59. The van der Waals surface area contributed by atoms with Crippen molar-refractivity contribution in [3.63, 3.8) is 0 Å². The Morgan fingerprint density at radius 3 is 2.86 bits per heavy atom. The maximum atomic E-state index is 13.2. The Labute approximate surface area is 165 Å². The first-order valence-electron chi connectivity index (χ1n) is 9.31. The Bertz CT molecular complexity index is 1190. The van der Waals surface area contributed by atoms with E-state index in [1.54, 1.807) is 17.6 Å². The largest absolute Gasteiger partial charge is 0.469 e. The summed E-state index contributed by atoms with van der Waals surface area (Å²) in [5, 5.41) is 8.95. The third kappa shape index (κ3) is 3.22. The zero-order chi connectivity index (χ0) is 19.7. The van der Waals surface area contributed by atoms with Crippen molar-refractivity contribution in [1.29, 1.82) is 0 Å². The van der Waals surface area contributed by atoms with E-state index in [1.807, 2.05) is 50.2 Å². The highest BCUT2D eigenvalue weighted by Gasteiger charge is 2.24. The van der Waals surface area contributed by atoms with E-state index < -0.39 is 6.04 Å². The summed E-state index contributed by atoms with van der Waals surface area (Å²) in [6.07, 6.45) is 2.69. The van der Waals surface area contributed by atoms with E-state index >= 15 is 0 Å². The van der Waals surface area contributed by atoms with Gasteiger partial charge in [-0.1, -0.05) is 25.1 Å². The van der Waals surface area contributed by atoms with E-state index in [2.05, 4.69) is 10.4 Å². The molecule has 0 fully saturated rings. The highest BCUT2D eigenvalue weighted by atomic mass is 32.1. The minimum atomic E-state index is -0.647. The summed E-state index contributed by atoms with van der Waals surface area (Å²) in [5.41, 5.74) is 0.545. The number of aromatic nitrogens is 2. The molecule has 0 aliphatic rings. The summed E-state index contributed by atoms with van der Waals surface area (Å²) in [7, 11) is 0. The number of thiophene rings is 1. The lowest BCUT2D eigenvalue weighted by Gasteiger charge is -2.17. The molecular formula is C21H21N3O3S. The van der Waals surface area contributed by atoms with E-state index in [4.69, 9.17) is 4.42 Å². The average Bonchev–Trinajstić information content (AvgIpc) is 3.34. The van der Waals surface area contributed by atoms with Crippen molar-refractivity contribution in [2.45, 2.75) is 32.7 Å². The van der Waals surface area contributed by atoms with E-state index in [-0.39, 0.29) is 11.5 Å². The van der Waals surface area contributed by atoms with Gasteiger partial charge in [-0.3, -0.25) is 9.59 Å². The molecule has 4 aromatic rings. The van der Waals surface area contributed by atoms with Crippen molar-refractivity contribution in [2.75, 3.05) is 6.54 Å². The van der Waals surface area contributed by atoms with Crippen molar-refractivity contribution < 1.29 is 9.21 Å². The lowest BCUT2D eigenvalue weighted by Crippen LogP contribution is -2.39. The summed E-state index contributed by atoms with van der Waals surface area (Å²) >= 11 is 1.56. The molecule has 28 heavy (non-hydrogen) atoms. The van der Waals surface area contributed by atoms with E-state index in [0.717, 1.165) is 26.2 Å². The van der Waals surface area contributed by atoms with Gasteiger partial charge in [0.1, 0.15) is 11.8 Å². The van der Waals surface area contributed by atoms with Gasteiger partial charge in [-0.15, -0.1) is 11.3 Å². The highest BCUT2D eigenvalue weighted by Crippen LogP contribution is 2.33. The van der Waals surface area contributed by atoms with Crippen LogP contribution in [0.15, 0.2) is 51.9 Å². The van der Waals surface area contributed by atoms with Gasteiger partial charge in [0, 0.05) is 23.1 Å². The van der Waals surface area contributed by atoms with Crippen LogP contribution in [-0.4, -0.2) is 22.2 Å². The van der Waals surface area contributed by atoms with Crippen LogP contribution in [0, 0.1) is 6.92 Å². The fourth-order valence-electron chi connectivity index (χ4n) is 3.44. The number of hydrogen-bond acceptors (Lipinski definition) is 5. The molecule has 1 N–H and O–H groups in total. The molecule has 3 aromatic heterocycles. The van der Waals surface area contributed by atoms with Gasteiger partial charge in [-0.2, -0.15) is 5.10 Å². The second-order valence-corrected chi connectivity index (χ2v) is 7.73. The molecular weight excluding hydrogens is 374 g/mol. The van der Waals surface area contributed by atoms with Crippen LogP contribution in [0.1, 0.15) is 30.8 Å². The smallest absolute Gasteiger partial charge is 0.276 e.